The lowest BCUT2D eigenvalue weighted by atomic mass is 9.86. The van der Waals surface area contributed by atoms with Crippen molar-refractivity contribution >= 4 is 0 Å². The van der Waals surface area contributed by atoms with Crippen molar-refractivity contribution in [1.29, 1.82) is 5.26 Å². The van der Waals surface area contributed by atoms with E-state index in [-0.39, 0.29) is 0 Å². The maximum Gasteiger partial charge on any atom is 0.119 e. The van der Waals surface area contributed by atoms with E-state index in [4.69, 9.17) is 10.00 Å². The molecule has 1 aromatic carbocycles. The minimum atomic E-state index is 0.384. The summed E-state index contributed by atoms with van der Waals surface area (Å²) in [6.45, 7) is 2.28. The molecule has 0 N–H and O–H groups in total. The fraction of sp³-hybridized carbons (Fsp3) is 0.562. The van der Waals surface area contributed by atoms with Gasteiger partial charge in [0.05, 0.1) is 18.6 Å². The number of hydrogen-bond donors (Lipinski definition) is 0. The molecule has 2 rings (SSSR count). The van der Waals surface area contributed by atoms with Crippen LogP contribution in [-0.4, -0.2) is 6.10 Å². The van der Waals surface area contributed by atoms with Gasteiger partial charge in [-0.25, -0.2) is 0 Å². The third-order valence-electron chi connectivity index (χ3n) is 3.88. The molecule has 1 aromatic rings. The smallest absolute Gasteiger partial charge is 0.119 e. The Morgan fingerprint density at radius 2 is 1.83 bits per heavy atom. The second-order valence-corrected chi connectivity index (χ2v) is 5.15. The van der Waals surface area contributed by atoms with Crippen LogP contribution < -0.4 is 4.74 Å². The molecular weight excluding hydrogens is 222 g/mol. The van der Waals surface area contributed by atoms with Crippen LogP contribution in [0.15, 0.2) is 24.3 Å². The van der Waals surface area contributed by atoms with Crippen LogP contribution in [-0.2, 0) is 6.42 Å². The third kappa shape index (κ3) is 3.50. The summed E-state index contributed by atoms with van der Waals surface area (Å²) in [5, 5.41) is 8.62. The van der Waals surface area contributed by atoms with Crippen molar-refractivity contribution in [3.05, 3.63) is 29.8 Å². The molecule has 96 valence electrons. The van der Waals surface area contributed by atoms with Crippen LogP contribution in [0.2, 0.25) is 0 Å². The first-order chi connectivity index (χ1) is 8.81. The molecule has 2 heteroatoms. The number of nitriles is 1. The molecule has 0 unspecified atom stereocenters. The molecule has 1 fully saturated rings. The first-order valence-electron chi connectivity index (χ1n) is 6.94. The van der Waals surface area contributed by atoms with Gasteiger partial charge in [-0.05, 0) is 49.3 Å². The number of rotatable bonds is 4. The predicted molar refractivity (Wildman–Crippen MR) is 72.4 cm³/mol. The van der Waals surface area contributed by atoms with Gasteiger partial charge in [-0.3, -0.25) is 0 Å². The lowest BCUT2D eigenvalue weighted by Crippen LogP contribution is -2.23. The maximum absolute atomic E-state index is 8.62. The molecule has 0 aliphatic heterocycles. The van der Waals surface area contributed by atoms with Crippen molar-refractivity contribution < 1.29 is 4.74 Å². The first kappa shape index (κ1) is 13.0. The van der Waals surface area contributed by atoms with Crippen molar-refractivity contribution in [1.82, 2.24) is 0 Å². The summed E-state index contributed by atoms with van der Waals surface area (Å²) in [5.41, 5.74) is 1.06. The standard InChI is InChI=1S/C16H21NO/c1-2-13-3-7-15(8-4-13)18-16-9-5-14(6-10-16)11-12-17/h5-6,9-10,13,15H,2-4,7-8,11H2,1H3. The van der Waals surface area contributed by atoms with Gasteiger partial charge in [0.1, 0.15) is 5.75 Å². The SMILES string of the molecule is CCC1CCC(Oc2ccc(CC#N)cc2)CC1. The Balaban J connectivity index is 1.85. The Hall–Kier alpha value is -1.49. The normalized spacial score (nSPS) is 23.3. The van der Waals surface area contributed by atoms with Gasteiger partial charge in [-0.15, -0.1) is 0 Å². The summed E-state index contributed by atoms with van der Waals surface area (Å²) in [6.07, 6.45) is 7.12. The zero-order valence-electron chi connectivity index (χ0n) is 11.1. The Labute approximate surface area is 110 Å². The summed E-state index contributed by atoms with van der Waals surface area (Å²) < 4.78 is 6.00. The lowest BCUT2D eigenvalue weighted by Gasteiger charge is -2.28. The second-order valence-electron chi connectivity index (χ2n) is 5.15. The topological polar surface area (TPSA) is 33.0 Å². The van der Waals surface area contributed by atoms with Gasteiger partial charge < -0.3 is 4.74 Å². The first-order valence-corrected chi connectivity index (χ1v) is 6.94. The zero-order valence-corrected chi connectivity index (χ0v) is 11.1. The van der Waals surface area contributed by atoms with E-state index in [0.29, 0.717) is 12.5 Å². The highest BCUT2D eigenvalue weighted by Crippen LogP contribution is 2.29. The third-order valence-corrected chi connectivity index (χ3v) is 3.88. The number of benzene rings is 1. The van der Waals surface area contributed by atoms with Crippen LogP contribution in [0.3, 0.4) is 0 Å². The number of hydrogen-bond acceptors (Lipinski definition) is 2. The predicted octanol–water partition coefficient (Wildman–Crippen LogP) is 4.10. The summed E-state index contributed by atoms with van der Waals surface area (Å²) >= 11 is 0. The molecule has 1 aliphatic rings. The monoisotopic (exact) mass is 243 g/mol. The Morgan fingerprint density at radius 3 is 2.39 bits per heavy atom. The lowest BCUT2D eigenvalue weighted by molar-refractivity contribution is 0.130. The molecule has 0 radical (unpaired) electrons. The quantitative estimate of drug-likeness (QED) is 0.797. The Morgan fingerprint density at radius 1 is 1.17 bits per heavy atom. The Kier molecular flexibility index (Phi) is 4.64. The van der Waals surface area contributed by atoms with E-state index in [2.05, 4.69) is 13.0 Å². The van der Waals surface area contributed by atoms with Crippen LogP contribution in [0.25, 0.3) is 0 Å². The summed E-state index contributed by atoms with van der Waals surface area (Å²) in [6, 6.07) is 10.1. The molecule has 0 saturated heterocycles. The van der Waals surface area contributed by atoms with Gasteiger partial charge in [0.25, 0.3) is 0 Å². The number of ether oxygens (including phenoxy) is 1. The number of nitrogens with zero attached hydrogens (tertiary/aromatic N) is 1. The molecule has 0 bridgehead atoms. The van der Waals surface area contributed by atoms with Gasteiger partial charge >= 0.3 is 0 Å². The van der Waals surface area contributed by atoms with Gasteiger partial charge in [-0.1, -0.05) is 25.5 Å². The van der Waals surface area contributed by atoms with Crippen molar-refractivity contribution in [2.75, 3.05) is 0 Å². The van der Waals surface area contributed by atoms with Crippen molar-refractivity contribution in [3.8, 4) is 11.8 Å². The molecule has 0 spiro atoms. The molecule has 2 nitrogen and oxygen atoms in total. The minimum Gasteiger partial charge on any atom is -0.490 e. The van der Waals surface area contributed by atoms with Gasteiger partial charge in [0.2, 0.25) is 0 Å². The van der Waals surface area contributed by atoms with Crippen molar-refractivity contribution in [2.45, 2.75) is 51.6 Å². The van der Waals surface area contributed by atoms with Crippen LogP contribution in [0, 0.1) is 17.2 Å². The van der Waals surface area contributed by atoms with Crippen LogP contribution in [0.5, 0.6) is 5.75 Å². The average molecular weight is 243 g/mol. The highest BCUT2D eigenvalue weighted by molar-refractivity contribution is 5.28. The van der Waals surface area contributed by atoms with Gasteiger partial charge in [-0.2, -0.15) is 5.26 Å². The highest BCUT2D eigenvalue weighted by Gasteiger charge is 2.20. The maximum atomic E-state index is 8.62. The summed E-state index contributed by atoms with van der Waals surface area (Å²) in [7, 11) is 0. The Bertz CT molecular complexity index is 396. The molecule has 0 aromatic heterocycles. The van der Waals surface area contributed by atoms with E-state index < -0.39 is 0 Å². The zero-order chi connectivity index (χ0) is 12.8. The fourth-order valence-electron chi connectivity index (χ4n) is 2.63. The minimum absolute atomic E-state index is 0.384. The molecule has 18 heavy (non-hydrogen) atoms. The molecular formula is C16H21NO. The molecule has 0 atom stereocenters. The van der Waals surface area contributed by atoms with Crippen molar-refractivity contribution in [2.24, 2.45) is 5.92 Å². The van der Waals surface area contributed by atoms with E-state index in [9.17, 15) is 0 Å². The molecule has 1 saturated carbocycles. The summed E-state index contributed by atoms with van der Waals surface area (Å²) in [4.78, 5) is 0. The van der Waals surface area contributed by atoms with E-state index >= 15 is 0 Å². The van der Waals surface area contributed by atoms with E-state index in [1.807, 2.05) is 24.3 Å². The average Bonchev–Trinajstić information content (AvgIpc) is 2.42. The molecule has 0 heterocycles. The van der Waals surface area contributed by atoms with E-state index in [1.54, 1.807) is 0 Å². The van der Waals surface area contributed by atoms with Gasteiger partial charge in [0, 0.05) is 0 Å². The largest absolute Gasteiger partial charge is 0.490 e. The molecule has 0 amide bonds. The summed E-state index contributed by atoms with van der Waals surface area (Å²) in [5.74, 6) is 1.85. The van der Waals surface area contributed by atoms with Crippen molar-refractivity contribution in [3.63, 3.8) is 0 Å². The molecule has 1 aliphatic carbocycles. The van der Waals surface area contributed by atoms with E-state index in [1.165, 1.54) is 32.1 Å². The van der Waals surface area contributed by atoms with Crippen LogP contribution in [0.1, 0.15) is 44.6 Å². The van der Waals surface area contributed by atoms with E-state index in [0.717, 1.165) is 17.2 Å². The van der Waals surface area contributed by atoms with Crippen LogP contribution >= 0.6 is 0 Å². The highest BCUT2D eigenvalue weighted by atomic mass is 16.5. The van der Waals surface area contributed by atoms with Gasteiger partial charge in [0.15, 0.2) is 0 Å². The van der Waals surface area contributed by atoms with Crippen LogP contribution in [0.4, 0.5) is 0 Å². The fourth-order valence-corrected chi connectivity index (χ4v) is 2.63. The second kappa shape index (κ2) is 6.44.